The van der Waals surface area contributed by atoms with Gasteiger partial charge in [0.2, 0.25) is 0 Å². The van der Waals surface area contributed by atoms with Gasteiger partial charge in [-0.15, -0.1) is 0 Å². The molecule has 0 spiro atoms. The average Bonchev–Trinajstić information content (AvgIpc) is 3.00. The molecule has 0 saturated heterocycles. The van der Waals surface area contributed by atoms with Gasteiger partial charge in [0.1, 0.15) is 0 Å². The third-order valence-corrected chi connectivity index (χ3v) is 9.70. The summed E-state index contributed by atoms with van der Waals surface area (Å²) < 4.78 is 58.0. The fraction of sp³-hybridized carbons (Fsp3) is 0. The van der Waals surface area contributed by atoms with Crippen LogP contribution >= 0.6 is 0 Å². The van der Waals surface area contributed by atoms with Crippen LogP contribution in [0.4, 0.5) is 27.5 Å². The minimum atomic E-state index is -3.92. The van der Waals surface area contributed by atoms with Crippen LogP contribution in [0.5, 0.6) is 0 Å². The van der Waals surface area contributed by atoms with E-state index in [0.29, 0.717) is 22.1 Å². The quantitative estimate of drug-likeness (QED) is 0.142. The van der Waals surface area contributed by atoms with Crippen molar-refractivity contribution in [2.45, 2.75) is 9.79 Å². The summed E-state index contributed by atoms with van der Waals surface area (Å²) in [6.45, 7) is 0. The smallest absolute Gasteiger partial charge is 0.308 e. The predicted molar refractivity (Wildman–Crippen MR) is 175 cm³/mol. The lowest BCUT2D eigenvalue weighted by atomic mass is 10.1. The number of hydrogen-bond acceptors (Lipinski definition) is 5. The first-order valence-electron chi connectivity index (χ1n) is 13.5. The van der Waals surface area contributed by atoms with Crippen LogP contribution in [0.1, 0.15) is 0 Å². The van der Waals surface area contributed by atoms with Gasteiger partial charge in [-0.05, 0) is 59.3 Å². The van der Waals surface area contributed by atoms with E-state index in [4.69, 9.17) is 0 Å². The SMILES string of the molecule is O=C(Nc1cccc(NS(=O)(=O)c2cccc3ccccc23)c1)Nc1cccc(NS(=O)(=O)c2cccc3ccccc23)c1. The molecule has 0 heterocycles. The van der Waals surface area contributed by atoms with Gasteiger partial charge in [0, 0.05) is 22.1 Å². The number of urea groups is 1. The molecule has 0 atom stereocenters. The molecule has 6 rings (SSSR count). The number of hydrogen-bond donors (Lipinski definition) is 4. The van der Waals surface area contributed by atoms with E-state index in [1.54, 1.807) is 72.8 Å². The molecular formula is C33H26N4O5S2. The summed E-state index contributed by atoms with van der Waals surface area (Å²) in [5, 5.41) is 8.14. The van der Waals surface area contributed by atoms with Crippen LogP contribution in [0.2, 0.25) is 0 Å². The zero-order valence-electron chi connectivity index (χ0n) is 23.1. The Bertz CT molecular complexity index is 2090. The molecule has 6 aromatic rings. The third-order valence-electron chi connectivity index (χ3n) is 6.82. The van der Waals surface area contributed by atoms with Crippen LogP contribution in [0.3, 0.4) is 0 Å². The van der Waals surface area contributed by atoms with Crippen LogP contribution in [0, 0.1) is 0 Å². The maximum Gasteiger partial charge on any atom is 0.323 e. The highest BCUT2D eigenvalue weighted by Crippen LogP contribution is 2.27. The number of sulfonamides is 2. The number of nitrogens with one attached hydrogen (secondary N) is 4. The van der Waals surface area contributed by atoms with E-state index < -0.39 is 26.1 Å². The van der Waals surface area contributed by atoms with Crippen molar-refractivity contribution in [1.29, 1.82) is 0 Å². The highest BCUT2D eigenvalue weighted by molar-refractivity contribution is 7.93. The van der Waals surface area contributed by atoms with Crippen LogP contribution < -0.4 is 20.1 Å². The Morgan fingerprint density at radius 1 is 0.432 bits per heavy atom. The summed E-state index contributed by atoms with van der Waals surface area (Å²) in [5.74, 6) is 0. The summed E-state index contributed by atoms with van der Waals surface area (Å²) in [4.78, 5) is 13.1. The zero-order chi connectivity index (χ0) is 30.7. The van der Waals surface area contributed by atoms with Crippen molar-refractivity contribution in [3.05, 3.63) is 133 Å². The maximum absolute atomic E-state index is 13.2. The van der Waals surface area contributed by atoms with E-state index >= 15 is 0 Å². The molecule has 0 aliphatic carbocycles. The first-order chi connectivity index (χ1) is 21.2. The average molecular weight is 623 g/mol. The molecule has 9 nitrogen and oxygen atoms in total. The number of carbonyl (C=O) groups is 1. The van der Waals surface area contributed by atoms with Crippen molar-refractivity contribution >= 4 is 70.4 Å². The third kappa shape index (κ3) is 6.19. The minimum absolute atomic E-state index is 0.141. The van der Waals surface area contributed by atoms with Gasteiger partial charge in [-0.2, -0.15) is 0 Å². The van der Waals surface area contributed by atoms with Crippen molar-refractivity contribution in [2.24, 2.45) is 0 Å². The molecule has 6 aromatic carbocycles. The summed E-state index contributed by atoms with van der Waals surface area (Å²) in [7, 11) is -7.84. The van der Waals surface area contributed by atoms with E-state index in [1.807, 2.05) is 36.4 Å². The monoisotopic (exact) mass is 622 g/mol. The molecule has 0 aliphatic heterocycles. The normalized spacial score (nSPS) is 11.6. The first-order valence-corrected chi connectivity index (χ1v) is 16.4. The number of carbonyl (C=O) groups excluding carboxylic acids is 1. The van der Waals surface area contributed by atoms with Crippen molar-refractivity contribution in [3.8, 4) is 0 Å². The standard InChI is InChI=1S/C33H26N4O5S2/c38-33(34-25-13-7-15-27(21-25)36-43(39,40)31-19-5-11-23-9-1-3-17-29(23)31)35-26-14-8-16-28(22-26)37-44(41,42)32-20-6-12-24-10-2-4-18-30(24)32/h1-22,36-37H,(H2,34,35,38). The summed E-state index contributed by atoms with van der Waals surface area (Å²) in [6, 6.07) is 36.5. The van der Waals surface area contributed by atoms with Crippen molar-refractivity contribution < 1.29 is 21.6 Å². The summed E-state index contributed by atoms with van der Waals surface area (Å²) in [5.41, 5.74) is 1.21. The molecular weight excluding hydrogens is 597 g/mol. The molecule has 4 N–H and O–H groups in total. The molecule has 0 bridgehead atoms. The lowest BCUT2D eigenvalue weighted by Crippen LogP contribution is -2.20. The fourth-order valence-corrected chi connectivity index (χ4v) is 7.46. The van der Waals surface area contributed by atoms with Crippen molar-refractivity contribution in [3.63, 3.8) is 0 Å². The number of rotatable bonds is 8. The molecule has 0 aliphatic rings. The Morgan fingerprint density at radius 3 is 1.25 bits per heavy atom. The van der Waals surface area contributed by atoms with Gasteiger partial charge < -0.3 is 10.6 Å². The maximum atomic E-state index is 13.2. The molecule has 11 heteroatoms. The lowest BCUT2D eigenvalue weighted by Gasteiger charge is -2.13. The van der Waals surface area contributed by atoms with Gasteiger partial charge >= 0.3 is 6.03 Å². The number of fused-ring (bicyclic) bond motifs is 2. The molecule has 44 heavy (non-hydrogen) atoms. The van der Waals surface area contributed by atoms with E-state index in [9.17, 15) is 21.6 Å². The second-order valence-electron chi connectivity index (χ2n) is 9.91. The fourth-order valence-electron chi connectivity index (χ4n) is 4.89. The molecule has 2 amide bonds. The van der Waals surface area contributed by atoms with Crippen molar-refractivity contribution in [1.82, 2.24) is 0 Å². The number of benzene rings is 6. The first kappa shape index (κ1) is 28.7. The van der Waals surface area contributed by atoms with Crippen LogP contribution in [0.25, 0.3) is 21.5 Å². The van der Waals surface area contributed by atoms with Gasteiger partial charge in [0.25, 0.3) is 20.0 Å². The van der Waals surface area contributed by atoms with Gasteiger partial charge in [0.15, 0.2) is 0 Å². The molecule has 0 radical (unpaired) electrons. The number of anilines is 4. The molecule has 220 valence electrons. The van der Waals surface area contributed by atoms with E-state index in [1.165, 1.54) is 24.3 Å². The van der Waals surface area contributed by atoms with Gasteiger partial charge in [-0.25, -0.2) is 21.6 Å². The highest BCUT2D eigenvalue weighted by Gasteiger charge is 2.19. The van der Waals surface area contributed by atoms with Gasteiger partial charge in [0.05, 0.1) is 21.2 Å². The Hall–Kier alpha value is -5.39. The summed E-state index contributed by atoms with van der Waals surface area (Å²) >= 11 is 0. The second-order valence-corrected chi connectivity index (χ2v) is 13.2. The van der Waals surface area contributed by atoms with Gasteiger partial charge in [-0.3, -0.25) is 9.44 Å². The minimum Gasteiger partial charge on any atom is -0.308 e. The van der Waals surface area contributed by atoms with Gasteiger partial charge in [-0.1, -0.05) is 84.9 Å². The predicted octanol–water partition coefficient (Wildman–Crippen LogP) is 7.24. The topological polar surface area (TPSA) is 133 Å². The molecule has 0 fully saturated rings. The van der Waals surface area contributed by atoms with Crippen LogP contribution in [-0.2, 0) is 20.0 Å². The number of amides is 2. The Kier molecular flexibility index (Phi) is 7.64. The Labute approximate surface area is 254 Å². The zero-order valence-corrected chi connectivity index (χ0v) is 24.7. The Morgan fingerprint density at radius 2 is 0.795 bits per heavy atom. The molecule has 0 aromatic heterocycles. The van der Waals surface area contributed by atoms with Crippen molar-refractivity contribution in [2.75, 3.05) is 20.1 Å². The molecule has 0 saturated carbocycles. The van der Waals surface area contributed by atoms with Crippen LogP contribution in [0.15, 0.2) is 143 Å². The van der Waals surface area contributed by atoms with E-state index in [2.05, 4.69) is 20.1 Å². The van der Waals surface area contributed by atoms with E-state index in [-0.39, 0.29) is 21.2 Å². The largest absolute Gasteiger partial charge is 0.323 e. The highest BCUT2D eigenvalue weighted by atomic mass is 32.2. The second kappa shape index (κ2) is 11.7. The van der Waals surface area contributed by atoms with Crippen LogP contribution in [-0.4, -0.2) is 22.9 Å². The summed E-state index contributed by atoms with van der Waals surface area (Å²) in [6.07, 6.45) is 0. The molecule has 0 unspecified atom stereocenters. The van der Waals surface area contributed by atoms with E-state index in [0.717, 1.165) is 10.8 Å². The Balaban J connectivity index is 1.14. The lowest BCUT2D eigenvalue weighted by molar-refractivity contribution is 0.262.